The SMILES string of the molecule is COCCCC(=O)NC(c1ccccc1)C(F)(F)F. The highest BCUT2D eigenvalue weighted by molar-refractivity contribution is 5.76. The van der Waals surface area contributed by atoms with E-state index < -0.39 is 18.1 Å². The van der Waals surface area contributed by atoms with Crippen molar-refractivity contribution in [1.82, 2.24) is 5.32 Å². The van der Waals surface area contributed by atoms with Crippen LogP contribution in [0, 0.1) is 0 Å². The predicted molar refractivity (Wildman–Crippen MR) is 64.5 cm³/mol. The Labute approximate surface area is 109 Å². The summed E-state index contributed by atoms with van der Waals surface area (Å²) in [6.07, 6.45) is -4.12. The highest BCUT2D eigenvalue weighted by Crippen LogP contribution is 2.32. The third kappa shape index (κ3) is 5.30. The van der Waals surface area contributed by atoms with Crippen molar-refractivity contribution in [2.45, 2.75) is 25.1 Å². The van der Waals surface area contributed by atoms with E-state index in [9.17, 15) is 18.0 Å². The number of methoxy groups -OCH3 is 1. The molecule has 0 aliphatic carbocycles. The minimum absolute atomic E-state index is 0.00720. The van der Waals surface area contributed by atoms with Gasteiger partial charge in [0.15, 0.2) is 6.04 Å². The van der Waals surface area contributed by atoms with Gasteiger partial charge in [-0.2, -0.15) is 13.2 Å². The molecule has 0 aromatic heterocycles. The van der Waals surface area contributed by atoms with E-state index in [1.807, 2.05) is 5.32 Å². The van der Waals surface area contributed by atoms with Crippen LogP contribution >= 0.6 is 0 Å². The summed E-state index contributed by atoms with van der Waals surface area (Å²) in [5.74, 6) is -0.636. The van der Waals surface area contributed by atoms with E-state index in [1.54, 1.807) is 6.07 Å². The molecule has 6 heteroatoms. The van der Waals surface area contributed by atoms with Crippen LogP contribution in [0.4, 0.5) is 13.2 Å². The van der Waals surface area contributed by atoms with Crippen LogP contribution in [0.3, 0.4) is 0 Å². The molecule has 0 aliphatic heterocycles. The first-order chi connectivity index (χ1) is 8.95. The fourth-order valence-electron chi connectivity index (χ4n) is 1.61. The zero-order chi connectivity index (χ0) is 14.3. The molecule has 0 spiro atoms. The number of hydrogen-bond donors (Lipinski definition) is 1. The maximum absolute atomic E-state index is 12.9. The lowest BCUT2D eigenvalue weighted by atomic mass is 10.1. The van der Waals surface area contributed by atoms with Gasteiger partial charge in [0, 0.05) is 20.1 Å². The van der Waals surface area contributed by atoms with Gasteiger partial charge in [-0.05, 0) is 12.0 Å². The van der Waals surface area contributed by atoms with Gasteiger partial charge in [0.1, 0.15) is 0 Å². The first-order valence-electron chi connectivity index (χ1n) is 5.85. The standard InChI is InChI=1S/C13H16F3NO2/c1-19-9-5-8-11(18)17-12(13(14,15)16)10-6-3-2-4-7-10/h2-4,6-7,12H,5,8-9H2,1H3,(H,17,18). The van der Waals surface area contributed by atoms with Crippen molar-refractivity contribution in [3.63, 3.8) is 0 Å². The molecule has 19 heavy (non-hydrogen) atoms. The van der Waals surface area contributed by atoms with Gasteiger partial charge in [0.05, 0.1) is 0 Å². The quantitative estimate of drug-likeness (QED) is 0.811. The number of carbonyl (C=O) groups excluding carboxylic acids is 1. The molecule has 0 fully saturated rings. The van der Waals surface area contributed by atoms with Crippen molar-refractivity contribution < 1.29 is 22.7 Å². The molecular formula is C13H16F3NO2. The Morgan fingerprint density at radius 3 is 2.47 bits per heavy atom. The third-order valence-corrected chi connectivity index (χ3v) is 2.52. The Hall–Kier alpha value is -1.56. The highest BCUT2D eigenvalue weighted by atomic mass is 19.4. The average Bonchev–Trinajstić information content (AvgIpc) is 2.36. The number of alkyl halides is 3. The summed E-state index contributed by atoms with van der Waals surface area (Å²) in [7, 11) is 1.47. The summed E-state index contributed by atoms with van der Waals surface area (Å²) in [5, 5.41) is 2.01. The number of rotatable bonds is 6. The molecule has 1 rings (SSSR count). The Morgan fingerprint density at radius 1 is 1.32 bits per heavy atom. The lowest BCUT2D eigenvalue weighted by molar-refractivity contribution is -0.163. The number of benzene rings is 1. The summed E-state index contributed by atoms with van der Waals surface area (Å²) in [6.45, 7) is 0.343. The maximum atomic E-state index is 12.9. The van der Waals surface area contributed by atoms with Crippen LogP contribution in [0.1, 0.15) is 24.4 Å². The molecule has 1 N–H and O–H groups in total. The second kappa shape index (κ2) is 7.13. The zero-order valence-corrected chi connectivity index (χ0v) is 10.5. The van der Waals surface area contributed by atoms with Gasteiger partial charge in [0.2, 0.25) is 5.91 Å². The fraction of sp³-hybridized carbons (Fsp3) is 0.462. The van der Waals surface area contributed by atoms with E-state index in [2.05, 4.69) is 0 Å². The molecule has 0 saturated carbocycles. The minimum Gasteiger partial charge on any atom is -0.385 e. The van der Waals surface area contributed by atoms with Gasteiger partial charge in [-0.1, -0.05) is 30.3 Å². The Balaban J connectivity index is 2.69. The fourth-order valence-corrected chi connectivity index (χ4v) is 1.61. The highest BCUT2D eigenvalue weighted by Gasteiger charge is 2.41. The molecule has 1 aromatic rings. The summed E-state index contributed by atoms with van der Waals surface area (Å²) < 4.78 is 43.5. The van der Waals surface area contributed by atoms with Crippen LogP contribution in [-0.2, 0) is 9.53 Å². The molecule has 1 amide bonds. The number of amides is 1. The van der Waals surface area contributed by atoms with Crippen molar-refractivity contribution in [2.24, 2.45) is 0 Å². The summed E-state index contributed by atoms with van der Waals surface area (Å²) in [4.78, 5) is 11.5. The van der Waals surface area contributed by atoms with Crippen LogP contribution in [0.2, 0.25) is 0 Å². The van der Waals surface area contributed by atoms with Gasteiger partial charge >= 0.3 is 6.18 Å². The van der Waals surface area contributed by atoms with Gasteiger partial charge in [0.25, 0.3) is 0 Å². The molecular weight excluding hydrogens is 259 g/mol. The topological polar surface area (TPSA) is 38.3 Å². The van der Waals surface area contributed by atoms with E-state index in [0.29, 0.717) is 13.0 Å². The monoisotopic (exact) mass is 275 g/mol. The van der Waals surface area contributed by atoms with Gasteiger partial charge in [-0.3, -0.25) is 4.79 Å². The Morgan fingerprint density at radius 2 is 1.95 bits per heavy atom. The van der Waals surface area contributed by atoms with Crippen LogP contribution in [0.15, 0.2) is 30.3 Å². The van der Waals surface area contributed by atoms with Crippen molar-refractivity contribution >= 4 is 5.91 Å². The molecule has 106 valence electrons. The van der Waals surface area contributed by atoms with Crippen molar-refractivity contribution in [3.8, 4) is 0 Å². The molecule has 3 nitrogen and oxygen atoms in total. The summed E-state index contributed by atoms with van der Waals surface area (Å²) in [5.41, 5.74) is 0.0232. The van der Waals surface area contributed by atoms with Crippen molar-refractivity contribution in [3.05, 3.63) is 35.9 Å². The molecule has 0 aliphatic rings. The average molecular weight is 275 g/mol. The number of hydrogen-bond acceptors (Lipinski definition) is 2. The first-order valence-corrected chi connectivity index (χ1v) is 5.85. The zero-order valence-electron chi connectivity index (χ0n) is 10.5. The lowest BCUT2D eigenvalue weighted by Crippen LogP contribution is -2.38. The number of ether oxygens (including phenoxy) is 1. The predicted octanol–water partition coefficient (Wildman–Crippen LogP) is 2.83. The van der Waals surface area contributed by atoms with Gasteiger partial charge < -0.3 is 10.1 Å². The molecule has 0 bridgehead atoms. The van der Waals surface area contributed by atoms with Crippen LogP contribution in [-0.4, -0.2) is 25.8 Å². The van der Waals surface area contributed by atoms with Gasteiger partial charge in [-0.15, -0.1) is 0 Å². The van der Waals surface area contributed by atoms with Crippen LogP contribution in [0.5, 0.6) is 0 Å². The number of carbonyl (C=O) groups is 1. The summed E-state index contributed by atoms with van der Waals surface area (Å²) in [6, 6.07) is 5.35. The molecule has 0 radical (unpaired) electrons. The second-order valence-corrected chi connectivity index (χ2v) is 4.05. The van der Waals surface area contributed by atoms with Crippen molar-refractivity contribution in [2.75, 3.05) is 13.7 Å². The third-order valence-electron chi connectivity index (χ3n) is 2.52. The first kappa shape index (κ1) is 15.5. The van der Waals surface area contributed by atoms with Crippen LogP contribution < -0.4 is 5.32 Å². The van der Waals surface area contributed by atoms with E-state index in [-0.39, 0.29) is 12.0 Å². The summed E-state index contributed by atoms with van der Waals surface area (Å²) >= 11 is 0. The van der Waals surface area contributed by atoms with E-state index in [4.69, 9.17) is 4.74 Å². The smallest absolute Gasteiger partial charge is 0.385 e. The minimum atomic E-state index is -4.52. The second-order valence-electron chi connectivity index (χ2n) is 4.05. The van der Waals surface area contributed by atoms with E-state index >= 15 is 0 Å². The Bertz CT molecular complexity index is 393. The normalized spacial score (nSPS) is 13.1. The van der Waals surface area contributed by atoms with E-state index in [1.165, 1.54) is 31.4 Å². The molecule has 0 heterocycles. The lowest BCUT2D eigenvalue weighted by Gasteiger charge is -2.22. The number of halogens is 3. The molecule has 1 unspecified atom stereocenters. The Kier molecular flexibility index (Phi) is 5.82. The molecule has 1 atom stereocenters. The van der Waals surface area contributed by atoms with Crippen molar-refractivity contribution in [1.29, 1.82) is 0 Å². The molecule has 0 saturated heterocycles. The van der Waals surface area contributed by atoms with Crippen LogP contribution in [0.25, 0.3) is 0 Å². The number of nitrogens with one attached hydrogen (secondary N) is 1. The maximum Gasteiger partial charge on any atom is 0.412 e. The molecule has 1 aromatic carbocycles. The largest absolute Gasteiger partial charge is 0.412 e. The van der Waals surface area contributed by atoms with E-state index in [0.717, 1.165) is 0 Å². The van der Waals surface area contributed by atoms with Gasteiger partial charge in [-0.25, -0.2) is 0 Å².